The van der Waals surface area contributed by atoms with Crippen LogP contribution < -0.4 is 9.04 Å². The molecule has 2 aromatic heterocycles. The van der Waals surface area contributed by atoms with Crippen LogP contribution in [0.3, 0.4) is 0 Å². The fraction of sp³-hybridized carbons (Fsp3) is 0.211. The predicted molar refractivity (Wildman–Crippen MR) is 100 cm³/mol. The van der Waals surface area contributed by atoms with Crippen molar-refractivity contribution >= 4 is 15.8 Å². The minimum atomic E-state index is -3.66. The summed E-state index contributed by atoms with van der Waals surface area (Å²) in [5.41, 5.74) is 1.45. The van der Waals surface area contributed by atoms with Crippen LogP contribution in [0, 0.1) is 0 Å². The third-order valence-corrected chi connectivity index (χ3v) is 6.11. The number of aromatic nitrogens is 3. The molecule has 0 N–H and O–H groups in total. The van der Waals surface area contributed by atoms with Gasteiger partial charge in [0.25, 0.3) is 10.0 Å². The van der Waals surface area contributed by atoms with Gasteiger partial charge in [-0.05, 0) is 29.7 Å². The Morgan fingerprint density at radius 2 is 1.93 bits per heavy atom. The van der Waals surface area contributed by atoms with Gasteiger partial charge in [-0.3, -0.25) is 4.98 Å². The van der Waals surface area contributed by atoms with Gasteiger partial charge in [0.15, 0.2) is 0 Å². The quantitative estimate of drug-likeness (QED) is 0.687. The average Bonchev–Trinajstić information content (AvgIpc) is 2.93. The van der Waals surface area contributed by atoms with Crippen LogP contribution in [0.2, 0.25) is 0 Å². The molecule has 0 radical (unpaired) electrons. The maximum Gasteiger partial charge on any atom is 0.324 e. The van der Waals surface area contributed by atoms with Gasteiger partial charge >= 0.3 is 6.01 Å². The molecule has 1 aliphatic heterocycles. The molecule has 0 saturated heterocycles. The molecule has 4 rings (SSSR count). The molecule has 0 saturated carbocycles. The molecule has 1 aliphatic rings. The standard InChI is InChI=1S/C19H18N4O3S/c1-13(2)16-10-18(22-19(21-16)26-15-7-5-9-20-11-15)23-12-14-6-3-4-8-17(14)27(23,24)25/h3-11,13H,12H2,1-2H3. The molecule has 27 heavy (non-hydrogen) atoms. The van der Waals surface area contributed by atoms with E-state index in [0.717, 1.165) is 5.56 Å². The molecular weight excluding hydrogens is 364 g/mol. The molecule has 0 atom stereocenters. The Balaban J connectivity index is 1.77. The van der Waals surface area contributed by atoms with Crippen molar-refractivity contribution in [2.75, 3.05) is 4.31 Å². The Labute approximate surface area is 157 Å². The monoisotopic (exact) mass is 382 g/mol. The van der Waals surface area contributed by atoms with Crippen molar-refractivity contribution in [2.24, 2.45) is 0 Å². The van der Waals surface area contributed by atoms with Crippen LogP contribution >= 0.6 is 0 Å². The van der Waals surface area contributed by atoms with E-state index in [1.165, 1.54) is 4.31 Å². The van der Waals surface area contributed by atoms with Crippen molar-refractivity contribution in [1.82, 2.24) is 15.0 Å². The van der Waals surface area contributed by atoms with Crippen molar-refractivity contribution in [2.45, 2.75) is 31.2 Å². The largest absolute Gasteiger partial charge is 0.423 e. The summed E-state index contributed by atoms with van der Waals surface area (Å²) in [6.07, 6.45) is 3.19. The predicted octanol–water partition coefficient (Wildman–Crippen LogP) is 3.50. The smallest absolute Gasteiger partial charge is 0.324 e. The lowest BCUT2D eigenvalue weighted by molar-refractivity contribution is 0.436. The average molecular weight is 382 g/mol. The van der Waals surface area contributed by atoms with Gasteiger partial charge < -0.3 is 4.74 Å². The molecule has 0 aliphatic carbocycles. The molecule has 1 aromatic carbocycles. The van der Waals surface area contributed by atoms with Crippen molar-refractivity contribution in [1.29, 1.82) is 0 Å². The Bertz CT molecular complexity index is 1090. The highest BCUT2D eigenvalue weighted by Crippen LogP contribution is 2.35. The van der Waals surface area contributed by atoms with E-state index in [1.807, 2.05) is 26.0 Å². The highest BCUT2D eigenvalue weighted by atomic mass is 32.2. The highest BCUT2D eigenvalue weighted by molar-refractivity contribution is 7.93. The van der Waals surface area contributed by atoms with Gasteiger partial charge in [-0.2, -0.15) is 9.97 Å². The summed E-state index contributed by atoms with van der Waals surface area (Å²) < 4.78 is 32.9. The lowest BCUT2D eigenvalue weighted by Crippen LogP contribution is -2.25. The number of ether oxygens (including phenoxy) is 1. The second kappa shape index (κ2) is 6.62. The molecule has 138 valence electrons. The van der Waals surface area contributed by atoms with E-state index in [0.29, 0.717) is 22.2 Å². The van der Waals surface area contributed by atoms with Gasteiger partial charge in [0.2, 0.25) is 0 Å². The van der Waals surface area contributed by atoms with E-state index in [9.17, 15) is 8.42 Å². The zero-order chi connectivity index (χ0) is 19.0. The third-order valence-electron chi connectivity index (χ3n) is 4.26. The zero-order valence-electron chi connectivity index (χ0n) is 14.9. The van der Waals surface area contributed by atoms with E-state index in [2.05, 4.69) is 15.0 Å². The van der Waals surface area contributed by atoms with E-state index >= 15 is 0 Å². The lowest BCUT2D eigenvalue weighted by Gasteiger charge is -2.18. The lowest BCUT2D eigenvalue weighted by atomic mass is 10.1. The van der Waals surface area contributed by atoms with Gasteiger partial charge in [0.05, 0.1) is 23.3 Å². The topological polar surface area (TPSA) is 85.3 Å². The zero-order valence-corrected chi connectivity index (χ0v) is 15.7. The summed E-state index contributed by atoms with van der Waals surface area (Å²) in [5.74, 6) is 0.858. The number of sulfonamides is 1. The van der Waals surface area contributed by atoms with Gasteiger partial charge in [-0.15, -0.1) is 0 Å². The number of fused-ring (bicyclic) bond motifs is 1. The second-order valence-electron chi connectivity index (χ2n) is 6.50. The van der Waals surface area contributed by atoms with Gasteiger partial charge in [-0.25, -0.2) is 12.7 Å². The van der Waals surface area contributed by atoms with Gasteiger partial charge in [-0.1, -0.05) is 32.0 Å². The number of pyridine rings is 1. The fourth-order valence-electron chi connectivity index (χ4n) is 2.86. The summed E-state index contributed by atoms with van der Waals surface area (Å²) in [6, 6.07) is 12.2. The molecule has 0 spiro atoms. The molecule has 0 amide bonds. The third kappa shape index (κ3) is 3.23. The van der Waals surface area contributed by atoms with Crippen molar-refractivity contribution in [3.8, 4) is 11.8 Å². The first kappa shape index (κ1) is 17.4. The fourth-order valence-corrected chi connectivity index (χ4v) is 4.46. The van der Waals surface area contributed by atoms with Crippen LogP contribution in [0.15, 0.2) is 59.8 Å². The first-order valence-corrected chi connectivity index (χ1v) is 9.96. The van der Waals surface area contributed by atoms with E-state index in [-0.39, 0.29) is 18.5 Å². The summed E-state index contributed by atoms with van der Waals surface area (Å²) >= 11 is 0. The van der Waals surface area contributed by atoms with Crippen LogP contribution in [0.5, 0.6) is 11.8 Å². The summed E-state index contributed by atoms with van der Waals surface area (Å²) in [6.45, 7) is 4.19. The van der Waals surface area contributed by atoms with E-state index < -0.39 is 10.0 Å². The number of nitrogens with zero attached hydrogens (tertiary/aromatic N) is 4. The molecule has 0 bridgehead atoms. The minimum absolute atomic E-state index is 0.0793. The van der Waals surface area contributed by atoms with Crippen LogP contribution in [0.25, 0.3) is 0 Å². The van der Waals surface area contributed by atoms with Gasteiger partial charge in [0.1, 0.15) is 11.6 Å². The number of anilines is 1. The molecule has 7 nitrogen and oxygen atoms in total. The molecule has 0 fully saturated rings. The summed E-state index contributed by atoms with van der Waals surface area (Å²) in [7, 11) is -3.66. The normalized spacial score (nSPS) is 15.0. The molecule has 0 unspecified atom stereocenters. The van der Waals surface area contributed by atoms with Crippen LogP contribution in [0.1, 0.15) is 31.0 Å². The second-order valence-corrected chi connectivity index (χ2v) is 8.33. The maximum absolute atomic E-state index is 13.0. The van der Waals surface area contributed by atoms with Crippen LogP contribution in [0.4, 0.5) is 5.82 Å². The number of hydrogen-bond donors (Lipinski definition) is 0. The summed E-state index contributed by atoms with van der Waals surface area (Å²) in [4.78, 5) is 13.1. The molecule has 8 heteroatoms. The molecular formula is C19H18N4O3S. The Kier molecular flexibility index (Phi) is 4.27. The van der Waals surface area contributed by atoms with E-state index in [4.69, 9.17) is 4.74 Å². The number of benzene rings is 1. The summed E-state index contributed by atoms with van der Waals surface area (Å²) in [5, 5.41) is 0. The van der Waals surface area contributed by atoms with Gasteiger partial charge in [0, 0.05) is 12.3 Å². The molecule has 3 aromatic rings. The Morgan fingerprint density at radius 1 is 1.11 bits per heavy atom. The van der Waals surface area contributed by atoms with Crippen molar-refractivity contribution in [3.63, 3.8) is 0 Å². The number of rotatable bonds is 4. The Hall–Kier alpha value is -3.00. The Morgan fingerprint density at radius 3 is 2.63 bits per heavy atom. The first-order chi connectivity index (χ1) is 12.9. The SMILES string of the molecule is CC(C)c1cc(N2Cc3ccccc3S2(=O)=O)nc(Oc2cccnc2)n1. The van der Waals surface area contributed by atoms with E-state index in [1.54, 1.807) is 42.7 Å². The highest BCUT2D eigenvalue weighted by Gasteiger charge is 2.36. The van der Waals surface area contributed by atoms with Crippen LogP contribution in [-0.2, 0) is 16.6 Å². The first-order valence-electron chi connectivity index (χ1n) is 8.52. The number of hydrogen-bond acceptors (Lipinski definition) is 6. The molecule has 3 heterocycles. The van der Waals surface area contributed by atoms with Crippen molar-refractivity contribution in [3.05, 3.63) is 66.1 Å². The maximum atomic E-state index is 13.0. The van der Waals surface area contributed by atoms with Crippen molar-refractivity contribution < 1.29 is 13.2 Å². The minimum Gasteiger partial charge on any atom is -0.423 e. The van der Waals surface area contributed by atoms with Crippen LogP contribution in [-0.4, -0.2) is 23.4 Å².